The van der Waals surface area contributed by atoms with Crippen LogP contribution in [0.2, 0.25) is 0 Å². The molecule has 0 aromatic heterocycles. The van der Waals surface area contributed by atoms with Gasteiger partial charge in [0.2, 0.25) is 0 Å². The first-order valence-electron chi connectivity index (χ1n) is 1.41. The van der Waals surface area contributed by atoms with Crippen LogP contribution in [0.3, 0.4) is 0 Å². The summed E-state index contributed by atoms with van der Waals surface area (Å²) in [7, 11) is 0. The van der Waals surface area contributed by atoms with Crippen LogP contribution in [0.15, 0.2) is 24.9 Å². The molecule has 0 radical (unpaired) electrons. The molecule has 0 aromatic rings. The molecule has 0 aliphatic rings. The van der Waals surface area contributed by atoms with E-state index in [0.29, 0.717) is 0 Å². The Morgan fingerprint density at radius 1 is 1.50 bits per heavy atom. The monoisotopic (exact) mass is 77.1 g/mol. The number of nitrogens with two attached hydrogens (primary N) is 1. The van der Waals surface area contributed by atoms with Crippen LogP contribution in [0.5, 0.6) is 0 Å². The normalized spacial score (nSPS) is 7.33. The van der Waals surface area contributed by atoms with E-state index in [2.05, 4.69) is 6.58 Å². The van der Waals surface area contributed by atoms with Crippen molar-refractivity contribution in [2.45, 2.75) is 0 Å². The van der Waals surface area contributed by atoms with Crippen LogP contribution < -0.4 is 5.73 Å². The Morgan fingerprint density at radius 3 is 2.00 bits per heavy atom. The molecule has 0 aliphatic heterocycles. The molecule has 1 nitrogen and oxygen atoms in total. The summed E-state index contributed by atoms with van der Waals surface area (Å²) in [5, 5.41) is 0. The van der Waals surface area contributed by atoms with Gasteiger partial charge in [-0.1, -0.05) is 12.7 Å². The second-order valence-electron chi connectivity index (χ2n) is 0.621. The summed E-state index contributed by atoms with van der Waals surface area (Å²) in [6, 6.07) is 0. The third kappa shape index (κ3) is 9.11. The molecule has 0 fully saturated rings. The summed E-state index contributed by atoms with van der Waals surface area (Å²) >= 11 is 0. The van der Waals surface area contributed by atoms with E-state index >= 15 is 0 Å². The van der Waals surface area contributed by atoms with Gasteiger partial charge in [0.15, 0.2) is 0 Å². The number of hydrogen-bond acceptors (Lipinski definition) is 1. The Balaban J connectivity index is 0. The van der Waals surface area contributed by atoms with Crippen molar-refractivity contribution >= 4 is 18.9 Å². The van der Waals surface area contributed by atoms with Gasteiger partial charge in [0.25, 0.3) is 0 Å². The van der Waals surface area contributed by atoms with Crippen molar-refractivity contribution in [2.24, 2.45) is 5.73 Å². The van der Waals surface area contributed by atoms with Crippen LogP contribution in [0.25, 0.3) is 0 Å². The molecule has 0 heterocycles. The van der Waals surface area contributed by atoms with Crippen LogP contribution in [0.4, 0.5) is 0 Å². The van der Waals surface area contributed by atoms with Crippen molar-refractivity contribution in [3.63, 3.8) is 0 Å². The minimum atomic E-state index is 0. The summed E-state index contributed by atoms with van der Waals surface area (Å²) < 4.78 is 0. The van der Waals surface area contributed by atoms with E-state index in [1.165, 1.54) is 6.20 Å². The molecular formula is C4H8LiN. The van der Waals surface area contributed by atoms with E-state index in [-0.39, 0.29) is 18.9 Å². The Bertz CT molecular complexity index is 49.5. The van der Waals surface area contributed by atoms with Gasteiger partial charge in [0.05, 0.1) is 0 Å². The second kappa shape index (κ2) is 8.86. The van der Waals surface area contributed by atoms with Crippen molar-refractivity contribution in [3.05, 3.63) is 24.9 Å². The van der Waals surface area contributed by atoms with Crippen LogP contribution in [-0.2, 0) is 0 Å². The van der Waals surface area contributed by atoms with E-state index in [1.807, 2.05) is 0 Å². The van der Waals surface area contributed by atoms with Gasteiger partial charge in [-0.25, -0.2) is 0 Å². The first-order chi connectivity index (χ1) is 2.41. The summed E-state index contributed by atoms with van der Waals surface area (Å²) in [5.74, 6) is 0. The first kappa shape index (κ1) is 9.30. The van der Waals surface area contributed by atoms with Gasteiger partial charge in [0.1, 0.15) is 0 Å². The van der Waals surface area contributed by atoms with Gasteiger partial charge in [-0.3, -0.25) is 0 Å². The fourth-order valence-corrected chi connectivity index (χ4v) is 0.0786. The molecule has 0 rings (SSSR count). The minimum absolute atomic E-state index is 0. The maximum atomic E-state index is 4.89. The average molecular weight is 77.1 g/mol. The van der Waals surface area contributed by atoms with Gasteiger partial charge in [-0.2, -0.15) is 0 Å². The van der Waals surface area contributed by atoms with Crippen molar-refractivity contribution < 1.29 is 0 Å². The van der Waals surface area contributed by atoms with Gasteiger partial charge in [-0.05, 0) is 12.3 Å². The molecule has 0 aliphatic carbocycles. The molecule has 30 valence electrons. The molecule has 0 spiro atoms. The molecule has 0 aromatic carbocycles. The quantitative estimate of drug-likeness (QED) is 0.346. The molecule has 2 heteroatoms. The number of rotatable bonds is 1. The SMILES string of the molecule is C=CC=CN.[LiH]. The van der Waals surface area contributed by atoms with E-state index in [1.54, 1.807) is 12.2 Å². The third-order valence-electron chi connectivity index (χ3n) is 0.247. The number of allylic oxidation sites excluding steroid dienone is 2. The van der Waals surface area contributed by atoms with Crippen molar-refractivity contribution in [1.82, 2.24) is 0 Å². The Kier molecular flexibility index (Phi) is 13.7. The van der Waals surface area contributed by atoms with E-state index in [4.69, 9.17) is 5.73 Å². The van der Waals surface area contributed by atoms with Gasteiger partial charge in [-0.15, -0.1) is 0 Å². The average Bonchev–Trinajstić information content (AvgIpc) is 1.41. The van der Waals surface area contributed by atoms with E-state index in [9.17, 15) is 0 Å². The van der Waals surface area contributed by atoms with Crippen molar-refractivity contribution in [3.8, 4) is 0 Å². The Hall–Kier alpha value is -0.123. The summed E-state index contributed by atoms with van der Waals surface area (Å²) in [6.07, 6.45) is 4.73. The predicted molar refractivity (Wildman–Crippen MR) is 30.7 cm³/mol. The Labute approximate surface area is 50.1 Å². The molecule has 0 bridgehead atoms. The zero-order valence-corrected chi connectivity index (χ0v) is 3.02. The van der Waals surface area contributed by atoms with Crippen molar-refractivity contribution in [2.75, 3.05) is 0 Å². The van der Waals surface area contributed by atoms with Crippen LogP contribution >= 0.6 is 0 Å². The van der Waals surface area contributed by atoms with Crippen LogP contribution in [-0.4, -0.2) is 18.9 Å². The van der Waals surface area contributed by atoms with Gasteiger partial charge in [0, 0.05) is 0 Å². The molecule has 0 unspecified atom stereocenters. The molecule has 2 N–H and O–H groups in total. The third-order valence-corrected chi connectivity index (χ3v) is 0.247. The molecule has 0 amide bonds. The number of hydrogen-bond donors (Lipinski definition) is 1. The fourth-order valence-electron chi connectivity index (χ4n) is 0.0786. The second-order valence-corrected chi connectivity index (χ2v) is 0.621. The molecule has 0 atom stereocenters. The molecule has 0 saturated carbocycles. The molecular weight excluding hydrogens is 69.0 g/mol. The van der Waals surface area contributed by atoms with Gasteiger partial charge < -0.3 is 5.73 Å². The predicted octanol–water partition coefficient (Wildman–Crippen LogP) is -0.00370. The summed E-state index contributed by atoms with van der Waals surface area (Å²) in [4.78, 5) is 0. The van der Waals surface area contributed by atoms with Crippen LogP contribution in [0.1, 0.15) is 0 Å². The topological polar surface area (TPSA) is 26.0 Å². The zero-order chi connectivity index (χ0) is 4.12. The molecule has 6 heavy (non-hydrogen) atoms. The first-order valence-corrected chi connectivity index (χ1v) is 1.41. The summed E-state index contributed by atoms with van der Waals surface area (Å²) in [5.41, 5.74) is 4.89. The van der Waals surface area contributed by atoms with Crippen LogP contribution in [0, 0.1) is 0 Å². The van der Waals surface area contributed by atoms with E-state index < -0.39 is 0 Å². The Morgan fingerprint density at radius 2 is 2.00 bits per heavy atom. The summed E-state index contributed by atoms with van der Waals surface area (Å²) in [6.45, 7) is 3.38. The van der Waals surface area contributed by atoms with Crippen molar-refractivity contribution in [1.29, 1.82) is 0 Å². The fraction of sp³-hybridized carbons (Fsp3) is 0. The standard InChI is InChI=1S/C4H7N.Li.H/c1-2-3-4-5;;/h2-4H,1,5H2;;. The van der Waals surface area contributed by atoms with Gasteiger partial charge >= 0.3 is 18.9 Å². The molecule has 0 saturated heterocycles. The zero-order valence-electron chi connectivity index (χ0n) is 3.02. The maximum absolute atomic E-state index is 4.89. The van der Waals surface area contributed by atoms with E-state index in [0.717, 1.165) is 0 Å².